The Bertz CT molecular complexity index is 738. The third kappa shape index (κ3) is 2.83. The highest BCUT2D eigenvalue weighted by atomic mass is 16.1. The number of amides is 1. The van der Waals surface area contributed by atoms with Gasteiger partial charge in [-0.2, -0.15) is 0 Å². The lowest BCUT2D eigenvalue weighted by atomic mass is 10.1. The van der Waals surface area contributed by atoms with Gasteiger partial charge in [0.15, 0.2) is 0 Å². The van der Waals surface area contributed by atoms with Gasteiger partial charge in [-0.15, -0.1) is 0 Å². The van der Waals surface area contributed by atoms with Gasteiger partial charge in [-0.1, -0.05) is 36.4 Å². The van der Waals surface area contributed by atoms with E-state index in [-0.39, 0.29) is 5.91 Å². The Kier molecular flexibility index (Phi) is 3.42. The molecule has 0 fully saturated rings. The number of benzene rings is 2. The number of carbonyl (C=O) groups excluding carboxylic acids is 1. The minimum Gasteiger partial charge on any atom is -0.326 e. The zero-order valence-electron chi connectivity index (χ0n) is 10.9. The second-order valence-electron chi connectivity index (χ2n) is 4.62. The van der Waals surface area contributed by atoms with Crippen LogP contribution >= 0.6 is 0 Å². The molecule has 3 rings (SSSR count). The Morgan fingerprint density at radius 3 is 2.70 bits per heavy atom. The highest BCUT2D eigenvalue weighted by Crippen LogP contribution is 2.17. The highest BCUT2D eigenvalue weighted by molar-refractivity contribution is 5.94. The number of hydrogen-bond donors (Lipinski definition) is 1. The molecule has 98 valence electrons. The van der Waals surface area contributed by atoms with E-state index in [9.17, 15) is 4.79 Å². The second-order valence-corrected chi connectivity index (χ2v) is 4.62. The van der Waals surface area contributed by atoms with Crippen molar-refractivity contribution >= 4 is 22.5 Å². The minimum absolute atomic E-state index is 0.0144. The first kappa shape index (κ1) is 12.4. The van der Waals surface area contributed by atoms with Gasteiger partial charge in [0.2, 0.25) is 5.91 Å². The van der Waals surface area contributed by atoms with Crippen molar-refractivity contribution in [3.63, 3.8) is 0 Å². The Hall–Kier alpha value is -2.68. The predicted molar refractivity (Wildman–Crippen MR) is 80.5 cm³/mol. The highest BCUT2D eigenvalue weighted by Gasteiger charge is 2.04. The minimum atomic E-state index is -0.0144. The Morgan fingerprint density at radius 1 is 1.00 bits per heavy atom. The van der Waals surface area contributed by atoms with Crippen LogP contribution in [0.2, 0.25) is 0 Å². The summed E-state index contributed by atoms with van der Waals surface area (Å²) in [5, 5.41) is 3.93. The lowest BCUT2D eigenvalue weighted by Gasteiger charge is -2.06. The van der Waals surface area contributed by atoms with Crippen LogP contribution in [-0.4, -0.2) is 10.9 Å². The maximum Gasteiger partial charge on any atom is 0.228 e. The van der Waals surface area contributed by atoms with Crippen molar-refractivity contribution in [2.45, 2.75) is 6.42 Å². The summed E-state index contributed by atoms with van der Waals surface area (Å²) in [6, 6.07) is 19.3. The van der Waals surface area contributed by atoms with Crippen LogP contribution in [-0.2, 0) is 11.2 Å². The number of anilines is 1. The smallest absolute Gasteiger partial charge is 0.228 e. The summed E-state index contributed by atoms with van der Waals surface area (Å²) in [5.41, 5.74) is 2.73. The topological polar surface area (TPSA) is 42.0 Å². The number of fused-ring (bicyclic) bond motifs is 1. The number of hydrogen-bond acceptors (Lipinski definition) is 2. The molecule has 1 aromatic heterocycles. The van der Waals surface area contributed by atoms with Gasteiger partial charge in [0.25, 0.3) is 0 Å². The first-order valence-corrected chi connectivity index (χ1v) is 6.50. The molecular formula is C17H14N2O. The molecule has 0 spiro atoms. The van der Waals surface area contributed by atoms with E-state index in [0.29, 0.717) is 6.42 Å². The van der Waals surface area contributed by atoms with Gasteiger partial charge in [-0.3, -0.25) is 9.78 Å². The van der Waals surface area contributed by atoms with Crippen molar-refractivity contribution in [1.82, 2.24) is 4.98 Å². The van der Waals surface area contributed by atoms with E-state index >= 15 is 0 Å². The molecule has 2 aromatic carbocycles. The summed E-state index contributed by atoms with van der Waals surface area (Å²) in [4.78, 5) is 16.2. The van der Waals surface area contributed by atoms with Gasteiger partial charge in [0.05, 0.1) is 11.9 Å². The van der Waals surface area contributed by atoms with Crippen LogP contribution in [0.4, 0.5) is 5.69 Å². The van der Waals surface area contributed by atoms with Crippen LogP contribution in [0, 0.1) is 0 Å². The fourth-order valence-electron chi connectivity index (χ4n) is 2.14. The maximum atomic E-state index is 12.0. The molecule has 3 heteroatoms. The largest absolute Gasteiger partial charge is 0.326 e. The summed E-state index contributed by atoms with van der Waals surface area (Å²) < 4.78 is 0. The van der Waals surface area contributed by atoms with Gasteiger partial charge >= 0.3 is 0 Å². The zero-order chi connectivity index (χ0) is 13.8. The van der Waals surface area contributed by atoms with E-state index in [2.05, 4.69) is 10.3 Å². The number of rotatable bonds is 3. The molecule has 20 heavy (non-hydrogen) atoms. The van der Waals surface area contributed by atoms with Crippen molar-refractivity contribution in [1.29, 1.82) is 0 Å². The van der Waals surface area contributed by atoms with E-state index < -0.39 is 0 Å². The first-order valence-electron chi connectivity index (χ1n) is 6.50. The van der Waals surface area contributed by atoms with Crippen LogP contribution in [0.15, 0.2) is 66.9 Å². The summed E-state index contributed by atoms with van der Waals surface area (Å²) in [5.74, 6) is -0.0144. The maximum absolute atomic E-state index is 12.0. The van der Waals surface area contributed by atoms with E-state index in [1.54, 1.807) is 6.20 Å². The van der Waals surface area contributed by atoms with Crippen molar-refractivity contribution in [3.05, 3.63) is 72.4 Å². The molecule has 0 atom stereocenters. The zero-order valence-corrected chi connectivity index (χ0v) is 10.9. The Labute approximate surface area is 117 Å². The number of nitrogens with zero attached hydrogens (tertiary/aromatic N) is 1. The van der Waals surface area contributed by atoms with Crippen molar-refractivity contribution < 1.29 is 4.79 Å². The molecule has 1 heterocycles. The predicted octanol–water partition coefficient (Wildman–Crippen LogP) is 3.42. The first-order chi connectivity index (χ1) is 9.81. The monoisotopic (exact) mass is 262 g/mol. The van der Waals surface area contributed by atoms with Crippen molar-refractivity contribution in [2.75, 3.05) is 5.32 Å². The number of pyridine rings is 1. The van der Waals surface area contributed by atoms with Crippen molar-refractivity contribution in [3.8, 4) is 0 Å². The van der Waals surface area contributed by atoms with Crippen LogP contribution in [0.1, 0.15) is 5.56 Å². The normalized spacial score (nSPS) is 10.4. The van der Waals surface area contributed by atoms with Crippen LogP contribution in [0.3, 0.4) is 0 Å². The Morgan fingerprint density at radius 2 is 1.85 bits per heavy atom. The van der Waals surface area contributed by atoms with E-state index in [1.807, 2.05) is 60.7 Å². The van der Waals surface area contributed by atoms with Crippen molar-refractivity contribution in [2.24, 2.45) is 0 Å². The molecule has 0 aliphatic carbocycles. The molecule has 0 radical (unpaired) electrons. The van der Waals surface area contributed by atoms with Crippen LogP contribution in [0.5, 0.6) is 0 Å². The summed E-state index contributed by atoms with van der Waals surface area (Å²) >= 11 is 0. The van der Waals surface area contributed by atoms with Crippen LogP contribution < -0.4 is 5.32 Å². The number of aromatic nitrogens is 1. The molecule has 3 nitrogen and oxygen atoms in total. The fraction of sp³-hybridized carbons (Fsp3) is 0.0588. The molecule has 0 aliphatic heterocycles. The lowest BCUT2D eigenvalue weighted by molar-refractivity contribution is -0.115. The Balaban J connectivity index is 1.74. The SMILES string of the molecule is O=C(Cc1ccccc1)Nc1ccc2ncccc2c1. The second kappa shape index (κ2) is 5.53. The number of nitrogens with one attached hydrogen (secondary N) is 1. The molecule has 3 aromatic rings. The van der Waals surface area contributed by atoms with Crippen LogP contribution in [0.25, 0.3) is 10.9 Å². The third-order valence-electron chi connectivity index (χ3n) is 3.09. The molecule has 0 saturated carbocycles. The quantitative estimate of drug-likeness (QED) is 0.786. The summed E-state index contributed by atoms with van der Waals surface area (Å²) in [6.45, 7) is 0. The van der Waals surface area contributed by atoms with Gasteiger partial charge in [0, 0.05) is 17.3 Å². The standard InChI is InChI=1S/C17H14N2O/c20-17(11-13-5-2-1-3-6-13)19-15-8-9-16-14(12-15)7-4-10-18-16/h1-10,12H,11H2,(H,19,20). The molecular weight excluding hydrogens is 248 g/mol. The summed E-state index contributed by atoms with van der Waals surface area (Å²) in [7, 11) is 0. The average Bonchev–Trinajstić information content (AvgIpc) is 2.48. The van der Waals surface area contributed by atoms with E-state index in [4.69, 9.17) is 0 Å². The van der Waals surface area contributed by atoms with Gasteiger partial charge in [0.1, 0.15) is 0 Å². The fourth-order valence-corrected chi connectivity index (χ4v) is 2.14. The molecule has 0 unspecified atom stereocenters. The van der Waals surface area contributed by atoms with Gasteiger partial charge in [-0.05, 0) is 29.8 Å². The van der Waals surface area contributed by atoms with E-state index in [1.165, 1.54) is 0 Å². The molecule has 1 amide bonds. The molecule has 1 N–H and O–H groups in total. The molecule has 0 bridgehead atoms. The number of carbonyl (C=O) groups is 1. The van der Waals surface area contributed by atoms with Gasteiger partial charge in [-0.25, -0.2) is 0 Å². The van der Waals surface area contributed by atoms with Gasteiger partial charge < -0.3 is 5.32 Å². The molecule has 0 saturated heterocycles. The molecule has 0 aliphatic rings. The third-order valence-corrected chi connectivity index (χ3v) is 3.09. The summed E-state index contributed by atoms with van der Waals surface area (Å²) in [6.07, 6.45) is 2.14. The lowest BCUT2D eigenvalue weighted by Crippen LogP contribution is -2.14. The van der Waals surface area contributed by atoms with E-state index in [0.717, 1.165) is 22.2 Å². The average molecular weight is 262 g/mol.